The molecule has 0 saturated heterocycles. The van der Waals surface area contributed by atoms with Gasteiger partial charge in [-0.05, 0) is 37.6 Å². The van der Waals surface area contributed by atoms with Crippen molar-refractivity contribution >= 4 is 35.1 Å². The molecule has 2 aromatic heterocycles. The number of benzene rings is 1. The molecular weight excluding hydrogens is 363 g/mol. The minimum Gasteiger partial charge on any atom is -0.291 e. The van der Waals surface area contributed by atoms with Gasteiger partial charge in [0, 0.05) is 11.9 Å². The number of nitrogens with one attached hydrogen (secondary N) is 1. The van der Waals surface area contributed by atoms with Crippen molar-refractivity contribution in [3.63, 3.8) is 0 Å². The summed E-state index contributed by atoms with van der Waals surface area (Å²) in [5.41, 5.74) is 1.83. The molecule has 2 heterocycles. The van der Waals surface area contributed by atoms with E-state index in [1.54, 1.807) is 40.9 Å². The Kier molecular flexibility index (Phi) is 5.06. The van der Waals surface area contributed by atoms with Crippen molar-refractivity contribution in [1.29, 1.82) is 0 Å². The predicted octanol–water partition coefficient (Wildman–Crippen LogP) is 3.34. The number of hydrogen-bond acceptors (Lipinski definition) is 4. The molecule has 0 aliphatic heterocycles. The number of anilines is 1. The van der Waals surface area contributed by atoms with E-state index in [1.807, 2.05) is 19.1 Å². The molecule has 1 N–H and O–H groups in total. The lowest BCUT2D eigenvalue weighted by atomic mass is 10.2. The Hall–Kier alpha value is -2.38. The minimum atomic E-state index is -0.461. The highest BCUT2D eigenvalue weighted by Crippen LogP contribution is 2.23. The highest BCUT2D eigenvalue weighted by molar-refractivity contribution is 6.42. The largest absolute Gasteiger partial charge is 0.291 e. The standard InChI is InChI=1S/C16H16Cl2N6O/c1-10-5-6-20-24(10)11(2)15(25)21-16-19-9-23(22-16)8-12-3-4-13(17)14(18)7-12/h3-7,9,11H,8H2,1-2H3,(H,21,22,25). The van der Waals surface area contributed by atoms with Crippen molar-refractivity contribution in [3.8, 4) is 0 Å². The van der Waals surface area contributed by atoms with Gasteiger partial charge in [0.2, 0.25) is 5.95 Å². The van der Waals surface area contributed by atoms with Gasteiger partial charge in [0.15, 0.2) is 0 Å². The van der Waals surface area contributed by atoms with E-state index in [0.29, 0.717) is 16.6 Å². The van der Waals surface area contributed by atoms with E-state index < -0.39 is 6.04 Å². The van der Waals surface area contributed by atoms with Gasteiger partial charge < -0.3 is 0 Å². The fourth-order valence-electron chi connectivity index (χ4n) is 2.36. The van der Waals surface area contributed by atoms with Crippen molar-refractivity contribution in [1.82, 2.24) is 24.5 Å². The van der Waals surface area contributed by atoms with Crippen molar-refractivity contribution in [2.75, 3.05) is 5.32 Å². The molecule has 1 aromatic carbocycles. The van der Waals surface area contributed by atoms with Crippen LogP contribution in [0.3, 0.4) is 0 Å². The molecule has 1 unspecified atom stereocenters. The van der Waals surface area contributed by atoms with Gasteiger partial charge in [-0.25, -0.2) is 9.67 Å². The number of carbonyl (C=O) groups excluding carboxylic acids is 1. The molecule has 130 valence electrons. The Morgan fingerprint density at radius 2 is 2.08 bits per heavy atom. The summed E-state index contributed by atoms with van der Waals surface area (Å²) in [6, 6.07) is 6.74. The second-order valence-corrected chi connectivity index (χ2v) is 6.41. The summed E-state index contributed by atoms with van der Waals surface area (Å²) >= 11 is 11.9. The molecule has 1 atom stereocenters. The van der Waals surface area contributed by atoms with Crippen molar-refractivity contribution in [3.05, 3.63) is 58.1 Å². The highest BCUT2D eigenvalue weighted by atomic mass is 35.5. The minimum absolute atomic E-state index is 0.237. The van der Waals surface area contributed by atoms with Crippen LogP contribution in [-0.4, -0.2) is 30.5 Å². The SMILES string of the molecule is Cc1ccnn1C(C)C(=O)Nc1ncn(Cc2ccc(Cl)c(Cl)c2)n1. The number of aromatic nitrogens is 5. The van der Waals surface area contributed by atoms with Crippen LogP contribution in [0.5, 0.6) is 0 Å². The lowest BCUT2D eigenvalue weighted by Gasteiger charge is -2.12. The van der Waals surface area contributed by atoms with Crippen LogP contribution in [0.15, 0.2) is 36.8 Å². The lowest BCUT2D eigenvalue weighted by Crippen LogP contribution is -2.25. The summed E-state index contributed by atoms with van der Waals surface area (Å²) in [5.74, 6) is 0.000747. The van der Waals surface area contributed by atoms with Gasteiger partial charge in [-0.15, -0.1) is 5.10 Å². The average Bonchev–Trinajstić information content (AvgIpc) is 3.19. The van der Waals surface area contributed by atoms with Crippen LogP contribution in [0, 0.1) is 6.92 Å². The third-order valence-electron chi connectivity index (χ3n) is 3.71. The maximum atomic E-state index is 12.3. The van der Waals surface area contributed by atoms with Crippen LogP contribution in [0.1, 0.15) is 24.2 Å². The van der Waals surface area contributed by atoms with E-state index in [4.69, 9.17) is 23.2 Å². The molecule has 0 radical (unpaired) electrons. The molecule has 0 fully saturated rings. The molecule has 3 rings (SSSR count). The van der Waals surface area contributed by atoms with Gasteiger partial charge in [-0.3, -0.25) is 14.8 Å². The zero-order valence-electron chi connectivity index (χ0n) is 13.6. The number of hydrogen-bond donors (Lipinski definition) is 1. The zero-order chi connectivity index (χ0) is 18.0. The van der Waals surface area contributed by atoms with Crippen LogP contribution < -0.4 is 5.32 Å². The van der Waals surface area contributed by atoms with Crippen molar-refractivity contribution in [2.45, 2.75) is 26.4 Å². The Morgan fingerprint density at radius 1 is 1.28 bits per heavy atom. The first kappa shape index (κ1) is 17.4. The van der Waals surface area contributed by atoms with Gasteiger partial charge in [0.25, 0.3) is 5.91 Å². The molecule has 9 heteroatoms. The maximum absolute atomic E-state index is 12.3. The lowest BCUT2D eigenvalue weighted by molar-refractivity contribution is -0.119. The predicted molar refractivity (Wildman–Crippen MR) is 95.9 cm³/mol. The average molecular weight is 379 g/mol. The quantitative estimate of drug-likeness (QED) is 0.738. The number of amides is 1. The molecule has 0 aliphatic carbocycles. The molecule has 0 bridgehead atoms. The molecule has 1 amide bonds. The maximum Gasteiger partial charge on any atom is 0.251 e. The van der Waals surface area contributed by atoms with E-state index in [-0.39, 0.29) is 11.9 Å². The first-order chi connectivity index (χ1) is 11.9. The summed E-state index contributed by atoms with van der Waals surface area (Å²) in [5, 5.41) is 12.1. The molecule has 0 spiro atoms. The number of nitrogens with zero attached hydrogens (tertiary/aromatic N) is 5. The van der Waals surface area contributed by atoms with Crippen molar-refractivity contribution in [2.24, 2.45) is 0 Å². The first-order valence-corrected chi connectivity index (χ1v) is 8.34. The fourth-order valence-corrected chi connectivity index (χ4v) is 2.69. The topological polar surface area (TPSA) is 77.6 Å². The number of rotatable bonds is 5. The van der Waals surface area contributed by atoms with E-state index in [0.717, 1.165) is 11.3 Å². The second kappa shape index (κ2) is 7.25. The number of aryl methyl sites for hydroxylation is 1. The Morgan fingerprint density at radius 3 is 2.76 bits per heavy atom. The van der Waals surface area contributed by atoms with Crippen LogP contribution >= 0.6 is 23.2 Å². The summed E-state index contributed by atoms with van der Waals surface area (Å²) < 4.78 is 3.25. The van der Waals surface area contributed by atoms with Gasteiger partial charge in [0.05, 0.1) is 16.6 Å². The highest BCUT2D eigenvalue weighted by Gasteiger charge is 2.18. The van der Waals surface area contributed by atoms with Crippen LogP contribution in [0.2, 0.25) is 10.0 Å². The van der Waals surface area contributed by atoms with Crippen LogP contribution in [-0.2, 0) is 11.3 Å². The van der Waals surface area contributed by atoms with Crippen LogP contribution in [0.25, 0.3) is 0 Å². The molecule has 7 nitrogen and oxygen atoms in total. The molecule has 0 saturated carbocycles. The summed E-state index contributed by atoms with van der Waals surface area (Å²) in [7, 11) is 0. The monoisotopic (exact) mass is 378 g/mol. The summed E-state index contributed by atoms with van der Waals surface area (Å²) in [4.78, 5) is 16.4. The zero-order valence-corrected chi connectivity index (χ0v) is 15.2. The number of halogens is 2. The Bertz CT molecular complexity index is 904. The smallest absolute Gasteiger partial charge is 0.251 e. The van der Waals surface area contributed by atoms with E-state index in [9.17, 15) is 4.79 Å². The third kappa shape index (κ3) is 4.00. The normalized spacial score (nSPS) is 12.2. The van der Waals surface area contributed by atoms with E-state index in [2.05, 4.69) is 20.5 Å². The van der Waals surface area contributed by atoms with Gasteiger partial charge in [-0.2, -0.15) is 5.10 Å². The Labute approximate surface area is 154 Å². The summed E-state index contributed by atoms with van der Waals surface area (Å²) in [6.45, 7) is 4.12. The van der Waals surface area contributed by atoms with Gasteiger partial charge in [-0.1, -0.05) is 29.3 Å². The fraction of sp³-hybridized carbons (Fsp3) is 0.250. The third-order valence-corrected chi connectivity index (χ3v) is 4.45. The number of carbonyl (C=O) groups is 1. The van der Waals surface area contributed by atoms with E-state index >= 15 is 0 Å². The molecule has 3 aromatic rings. The Balaban J connectivity index is 1.66. The first-order valence-electron chi connectivity index (χ1n) is 7.58. The summed E-state index contributed by atoms with van der Waals surface area (Å²) in [6.07, 6.45) is 3.20. The molecule has 0 aliphatic rings. The second-order valence-electron chi connectivity index (χ2n) is 5.60. The van der Waals surface area contributed by atoms with Crippen LogP contribution in [0.4, 0.5) is 5.95 Å². The molecular formula is C16H16Cl2N6O. The molecule has 25 heavy (non-hydrogen) atoms. The van der Waals surface area contributed by atoms with Gasteiger partial charge >= 0.3 is 0 Å². The van der Waals surface area contributed by atoms with Gasteiger partial charge in [0.1, 0.15) is 12.4 Å². The van der Waals surface area contributed by atoms with Crippen molar-refractivity contribution < 1.29 is 4.79 Å². The van der Waals surface area contributed by atoms with E-state index in [1.165, 1.54) is 0 Å².